The number of aliphatic hydroxyl groups is 1. The number of carbonyl (C=O) groups is 2. The normalized spacial score (nSPS) is 10.7. The van der Waals surface area contributed by atoms with Gasteiger partial charge in [-0.3, -0.25) is 4.79 Å². The van der Waals surface area contributed by atoms with Gasteiger partial charge in [0.05, 0.1) is 35.1 Å². The summed E-state index contributed by atoms with van der Waals surface area (Å²) in [6, 6.07) is 13.0. The molecule has 0 aliphatic carbocycles. The number of amides is 2. The van der Waals surface area contributed by atoms with E-state index >= 15 is 4.39 Å². The van der Waals surface area contributed by atoms with Crippen LogP contribution in [0.15, 0.2) is 66.9 Å². The number of ether oxygens (including phenoxy) is 1. The molecule has 0 unspecified atom stereocenters. The minimum absolute atomic E-state index is 0.0383. The molecule has 34 heavy (non-hydrogen) atoms. The molecule has 0 spiro atoms. The third-order valence-corrected chi connectivity index (χ3v) is 4.70. The minimum atomic E-state index is -0.923. The molecule has 2 amide bonds. The van der Waals surface area contributed by atoms with Crippen LogP contribution in [-0.4, -0.2) is 40.1 Å². The number of ketones is 1. The Kier molecular flexibility index (Phi) is 6.69. The Morgan fingerprint density at radius 3 is 2.59 bits per heavy atom. The van der Waals surface area contributed by atoms with Gasteiger partial charge in [-0.05, 0) is 48.5 Å². The van der Waals surface area contributed by atoms with Gasteiger partial charge >= 0.3 is 6.03 Å². The number of urea groups is 1. The van der Waals surface area contributed by atoms with Crippen LogP contribution in [0.4, 0.5) is 25.0 Å². The van der Waals surface area contributed by atoms with Gasteiger partial charge in [-0.1, -0.05) is 12.1 Å². The number of fused-ring (bicyclic) bond motifs is 1. The van der Waals surface area contributed by atoms with Crippen LogP contribution in [0.3, 0.4) is 0 Å². The van der Waals surface area contributed by atoms with Crippen molar-refractivity contribution < 1.29 is 28.2 Å². The highest BCUT2D eigenvalue weighted by Gasteiger charge is 2.19. The summed E-state index contributed by atoms with van der Waals surface area (Å²) in [6.45, 7) is -0.154. The quantitative estimate of drug-likeness (QED) is 0.354. The van der Waals surface area contributed by atoms with Gasteiger partial charge in [-0.25, -0.2) is 23.5 Å². The summed E-state index contributed by atoms with van der Waals surface area (Å²) in [5.41, 5.74) is 0.706. The van der Waals surface area contributed by atoms with Gasteiger partial charge in [0.15, 0.2) is 11.6 Å². The number of halogens is 2. The van der Waals surface area contributed by atoms with E-state index in [1.165, 1.54) is 54.7 Å². The monoisotopic (exact) mass is 464 g/mol. The summed E-state index contributed by atoms with van der Waals surface area (Å²) >= 11 is 0. The molecule has 172 valence electrons. The van der Waals surface area contributed by atoms with Crippen LogP contribution in [-0.2, 0) is 0 Å². The predicted octanol–water partition coefficient (Wildman–Crippen LogP) is 4.15. The van der Waals surface area contributed by atoms with Crippen LogP contribution >= 0.6 is 0 Å². The zero-order valence-electron chi connectivity index (χ0n) is 17.6. The molecule has 10 heteroatoms. The fraction of sp³-hybridized carbons (Fsp3) is 0.0833. The second kappa shape index (κ2) is 10.0. The number of anilines is 2. The zero-order valence-corrected chi connectivity index (χ0v) is 17.6. The van der Waals surface area contributed by atoms with E-state index in [1.807, 2.05) is 0 Å². The summed E-state index contributed by atoms with van der Waals surface area (Å²) in [7, 11) is 0. The van der Waals surface area contributed by atoms with Gasteiger partial charge in [-0.15, -0.1) is 0 Å². The second-order valence-corrected chi connectivity index (χ2v) is 7.07. The molecule has 3 aromatic carbocycles. The van der Waals surface area contributed by atoms with Gasteiger partial charge in [0.25, 0.3) is 0 Å². The number of nitrogens with one attached hydrogen (secondary N) is 2. The highest BCUT2D eigenvalue weighted by molar-refractivity contribution is 6.11. The number of hydrogen-bond acceptors (Lipinski definition) is 6. The molecule has 0 atom stereocenters. The van der Waals surface area contributed by atoms with E-state index in [2.05, 4.69) is 20.6 Å². The molecule has 1 aromatic heterocycles. The van der Waals surface area contributed by atoms with Crippen LogP contribution in [0.25, 0.3) is 11.0 Å². The lowest BCUT2D eigenvalue weighted by molar-refractivity contribution is 0.103. The van der Waals surface area contributed by atoms with Crippen molar-refractivity contribution in [2.45, 2.75) is 0 Å². The fourth-order valence-electron chi connectivity index (χ4n) is 3.17. The molecule has 0 saturated carbocycles. The van der Waals surface area contributed by atoms with Crippen LogP contribution in [0.2, 0.25) is 0 Å². The van der Waals surface area contributed by atoms with Crippen LogP contribution in [0, 0.1) is 11.6 Å². The summed E-state index contributed by atoms with van der Waals surface area (Å²) < 4.78 is 33.6. The first-order chi connectivity index (χ1) is 16.4. The lowest BCUT2D eigenvalue weighted by Gasteiger charge is -2.11. The maximum atomic E-state index is 15.1. The highest BCUT2D eigenvalue weighted by atomic mass is 19.1. The van der Waals surface area contributed by atoms with E-state index in [0.717, 1.165) is 6.07 Å². The van der Waals surface area contributed by atoms with E-state index in [4.69, 9.17) is 9.84 Å². The van der Waals surface area contributed by atoms with Crippen molar-refractivity contribution in [1.82, 2.24) is 9.97 Å². The molecule has 0 aliphatic rings. The Labute approximate surface area is 192 Å². The molecule has 0 saturated heterocycles. The topological polar surface area (TPSA) is 113 Å². The Morgan fingerprint density at radius 1 is 0.971 bits per heavy atom. The maximum absolute atomic E-state index is 15.1. The highest BCUT2D eigenvalue weighted by Crippen LogP contribution is 2.23. The Balaban J connectivity index is 1.56. The number of carbonyl (C=O) groups excluding carboxylic acids is 2. The second-order valence-electron chi connectivity index (χ2n) is 7.07. The summed E-state index contributed by atoms with van der Waals surface area (Å²) in [6.07, 6.45) is 1.39. The first-order valence-corrected chi connectivity index (χ1v) is 10.1. The van der Waals surface area contributed by atoms with Crippen LogP contribution in [0.1, 0.15) is 15.9 Å². The molecular weight excluding hydrogens is 446 g/mol. The lowest BCUT2D eigenvalue weighted by atomic mass is 10.0. The summed E-state index contributed by atoms with van der Waals surface area (Å²) in [5, 5.41) is 13.6. The molecule has 0 aliphatic heterocycles. The minimum Gasteiger partial charge on any atom is -0.474 e. The van der Waals surface area contributed by atoms with Crippen molar-refractivity contribution in [3.05, 3.63) is 89.6 Å². The van der Waals surface area contributed by atoms with Crippen molar-refractivity contribution >= 4 is 34.2 Å². The first-order valence-electron chi connectivity index (χ1n) is 10.1. The van der Waals surface area contributed by atoms with Crippen molar-refractivity contribution in [2.75, 3.05) is 23.8 Å². The predicted molar refractivity (Wildman–Crippen MR) is 121 cm³/mol. The van der Waals surface area contributed by atoms with Gasteiger partial charge < -0.3 is 20.5 Å². The van der Waals surface area contributed by atoms with Gasteiger partial charge in [0, 0.05) is 11.3 Å². The molecule has 4 aromatic rings. The van der Waals surface area contributed by atoms with E-state index < -0.39 is 23.4 Å². The molecular formula is C24H18F2N4O4. The third kappa shape index (κ3) is 5.13. The number of aliphatic hydroxyl groups excluding tert-OH is 1. The Morgan fingerprint density at radius 2 is 1.79 bits per heavy atom. The van der Waals surface area contributed by atoms with E-state index in [9.17, 15) is 14.0 Å². The smallest absolute Gasteiger partial charge is 0.323 e. The fourth-order valence-corrected chi connectivity index (χ4v) is 3.17. The van der Waals surface area contributed by atoms with E-state index in [-0.39, 0.29) is 41.6 Å². The van der Waals surface area contributed by atoms with Gasteiger partial charge in [-0.2, -0.15) is 0 Å². The van der Waals surface area contributed by atoms with Crippen LogP contribution in [0.5, 0.6) is 5.88 Å². The molecule has 0 fully saturated rings. The Hall–Kier alpha value is -4.44. The van der Waals surface area contributed by atoms with E-state index in [1.54, 1.807) is 6.07 Å². The average Bonchev–Trinajstić information content (AvgIpc) is 2.83. The van der Waals surface area contributed by atoms with Crippen molar-refractivity contribution in [3.63, 3.8) is 0 Å². The summed E-state index contributed by atoms with van der Waals surface area (Å²) in [5.74, 6) is -1.92. The SMILES string of the molecule is O=C(Nc1cccc(F)c1)Nc1cccc(C(=O)c2ccc3ncc(OCCO)nc3c2)c1F. The molecule has 3 N–H and O–H groups in total. The number of benzene rings is 3. The lowest BCUT2D eigenvalue weighted by Crippen LogP contribution is -2.21. The molecule has 0 bridgehead atoms. The standard InChI is InChI=1S/C24H18F2N4O4/c25-15-3-1-4-16(12-15)28-24(33)30-19-6-2-5-17(22(19)26)23(32)14-7-8-18-20(11-14)29-21(13-27-18)34-10-9-31/h1-8,11-13,31H,9-10H2,(H2,28,30,33). The van der Waals surface area contributed by atoms with E-state index in [0.29, 0.717) is 11.0 Å². The van der Waals surface area contributed by atoms with Crippen molar-refractivity contribution in [1.29, 1.82) is 0 Å². The molecule has 8 nitrogen and oxygen atoms in total. The summed E-state index contributed by atoms with van der Waals surface area (Å²) in [4.78, 5) is 33.6. The zero-order chi connectivity index (χ0) is 24.1. The number of rotatable bonds is 7. The largest absolute Gasteiger partial charge is 0.474 e. The number of aromatic nitrogens is 2. The Bertz CT molecular complexity index is 1380. The maximum Gasteiger partial charge on any atom is 0.323 e. The molecule has 4 rings (SSSR count). The molecule has 0 radical (unpaired) electrons. The van der Waals surface area contributed by atoms with Crippen LogP contribution < -0.4 is 15.4 Å². The van der Waals surface area contributed by atoms with Gasteiger partial charge in [0.2, 0.25) is 5.88 Å². The van der Waals surface area contributed by atoms with Crippen molar-refractivity contribution in [2.24, 2.45) is 0 Å². The number of hydrogen-bond donors (Lipinski definition) is 3. The third-order valence-electron chi connectivity index (χ3n) is 4.70. The number of nitrogens with zero attached hydrogens (tertiary/aromatic N) is 2. The van der Waals surface area contributed by atoms with Gasteiger partial charge in [0.1, 0.15) is 12.4 Å². The first kappa shape index (κ1) is 22.7. The average molecular weight is 464 g/mol. The van der Waals surface area contributed by atoms with Crippen molar-refractivity contribution in [3.8, 4) is 5.88 Å². The molecule has 1 heterocycles.